The standard InChI is InChI=1S/C16H21N3O/c1-2-19-15(17)14(13-9-6-10-20-11-13)18-16(19)12-7-4-3-5-8-12/h3-5,7-8,13H,2,6,9-11,17H2,1H3. The van der Waals surface area contributed by atoms with Gasteiger partial charge < -0.3 is 15.0 Å². The van der Waals surface area contributed by atoms with Gasteiger partial charge in [-0.15, -0.1) is 0 Å². The van der Waals surface area contributed by atoms with Gasteiger partial charge >= 0.3 is 0 Å². The van der Waals surface area contributed by atoms with Crippen molar-refractivity contribution in [3.63, 3.8) is 0 Å². The molecule has 3 rings (SSSR count). The Bertz CT molecular complexity index is 571. The first-order valence-corrected chi connectivity index (χ1v) is 7.30. The molecule has 0 spiro atoms. The lowest BCUT2D eigenvalue weighted by Crippen LogP contribution is -2.17. The molecule has 1 fully saturated rings. The summed E-state index contributed by atoms with van der Waals surface area (Å²) in [5, 5.41) is 0. The Morgan fingerprint density at radius 3 is 2.80 bits per heavy atom. The smallest absolute Gasteiger partial charge is 0.141 e. The second-order valence-corrected chi connectivity index (χ2v) is 5.23. The zero-order valence-electron chi connectivity index (χ0n) is 11.9. The van der Waals surface area contributed by atoms with Crippen LogP contribution in [-0.4, -0.2) is 22.8 Å². The maximum absolute atomic E-state index is 6.33. The molecular weight excluding hydrogens is 250 g/mol. The summed E-state index contributed by atoms with van der Waals surface area (Å²) in [6.07, 6.45) is 2.20. The van der Waals surface area contributed by atoms with Gasteiger partial charge in [0.2, 0.25) is 0 Å². The molecule has 0 amide bonds. The second-order valence-electron chi connectivity index (χ2n) is 5.23. The highest BCUT2D eigenvalue weighted by atomic mass is 16.5. The van der Waals surface area contributed by atoms with E-state index in [-0.39, 0.29) is 0 Å². The highest BCUT2D eigenvalue weighted by Crippen LogP contribution is 2.32. The third-order valence-corrected chi connectivity index (χ3v) is 3.93. The fourth-order valence-corrected chi connectivity index (χ4v) is 2.87. The van der Waals surface area contributed by atoms with Crippen molar-refractivity contribution in [2.24, 2.45) is 0 Å². The second kappa shape index (κ2) is 5.67. The number of aromatic nitrogens is 2. The number of imidazole rings is 1. The zero-order chi connectivity index (χ0) is 13.9. The highest BCUT2D eigenvalue weighted by Gasteiger charge is 2.24. The first kappa shape index (κ1) is 13.2. The molecule has 1 aliphatic rings. The van der Waals surface area contributed by atoms with Gasteiger partial charge in [0.25, 0.3) is 0 Å². The van der Waals surface area contributed by atoms with Crippen molar-refractivity contribution < 1.29 is 4.74 Å². The summed E-state index contributed by atoms with van der Waals surface area (Å²) in [6, 6.07) is 10.2. The van der Waals surface area contributed by atoms with Gasteiger partial charge in [0.15, 0.2) is 0 Å². The van der Waals surface area contributed by atoms with E-state index < -0.39 is 0 Å². The zero-order valence-corrected chi connectivity index (χ0v) is 11.9. The summed E-state index contributed by atoms with van der Waals surface area (Å²) in [7, 11) is 0. The maximum atomic E-state index is 6.33. The lowest BCUT2D eigenvalue weighted by Gasteiger charge is -2.20. The number of nitrogens with zero attached hydrogens (tertiary/aromatic N) is 2. The van der Waals surface area contributed by atoms with Crippen LogP contribution in [0.3, 0.4) is 0 Å². The molecule has 4 nitrogen and oxygen atoms in total. The van der Waals surface area contributed by atoms with Gasteiger partial charge in [0, 0.05) is 24.6 Å². The van der Waals surface area contributed by atoms with E-state index in [0.29, 0.717) is 5.92 Å². The third kappa shape index (κ3) is 2.31. The molecule has 0 aliphatic carbocycles. The average Bonchev–Trinajstić information content (AvgIpc) is 2.86. The molecule has 0 bridgehead atoms. The Hall–Kier alpha value is -1.81. The van der Waals surface area contributed by atoms with Crippen LogP contribution in [-0.2, 0) is 11.3 Å². The molecule has 1 aromatic heterocycles. The van der Waals surface area contributed by atoms with Crippen molar-refractivity contribution in [3.8, 4) is 11.4 Å². The number of ether oxygens (including phenoxy) is 1. The van der Waals surface area contributed by atoms with Crippen LogP contribution in [0.15, 0.2) is 30.3 Å². The van der Waals surface area contributed by atoms with Gasteiger partial charge in [-0.1, -0.05) is 30.3 Å². The van der Waals surface area contributed by atoms with Crippen molar-refractivity contribution in [2.75, 3.05) is 18.9 Å². The van der Waals surface area contributed by atoms with Crippen molar-refractivity contribution in [2.45, 2.75) is 32.2 Å². The Morgan fingerprint density at radius 2 is 2.15 bits per heavy atom. The Labute approximate surface area is 119 Å². The van der Waals surface area contributed by atoms with E-state index in [2.05, 4.69) is 23.6 Å². The lowest BCUT2D eigenvalue weighted by molar-refractivity contribution is 0.0796. The molecule has 1 unspecified atom stereocenters. The molecule has 0 saturated carbocycles. The number of rotatable bonds is 3. The molecule has 106 valence electrons. The van der Waals surface area contributed by atoms with Gasteiger partial charge in [-0.25, -0.2) is 4.98 Å². The summed E-state index contributed by atoms with van der Waals surface area (Å²) in [5.41, 5.74) is 8.45. The Balaban J connectivity index is 2.03. The third-order valence-electron chi connectivity index (χ3n) is 3.93. The molecule has 1 saturated heterocycles. The Kier molecular flexibility index (Phi) is 3.74. The SMILES string of the molecule is CCn1c(-c2ccccc2)nc(C2CCCOC2)c1N. The predicted octanol–water partition coefficient (Wildman–Crippen LogP) is 3.05. The van der Waals surface area contributed by atoms with Crippen molar-refractivity contribution >= 4 is 5.82 Å². The quantitative estimate of drug-likeness (QED) is 0.933. The van der Waals surface area contributed by atoms with E-state index in [1.807, 2.05) is 18.2 Å². The molecule has 1 atom stereocenters. The van der Waals surface area contributed by atoms with Gasteiger partial charge in [0.1, 0.15) is 11.6 Å². The van der Waals surface area contributed by atoms with E-state index in [1.54, 1.807) is 0 Å². The highest BCUT2D eigenvalue weighted by molar-refractivity contribution is 5.61. The van der Waals surface area contributed by atoms with E-state index in [4.69, 9.17) is 15.5 Å². The molecule has 2 aromatic rings. The monoisotopic (exact) mass is 271 g/mol. The summed E-state index contributed by atoms with van der Waals surface area (Å²) in [4.78, 5) is 4.83. The van der Waals surface area contributed by atoms with Gasteiger partial charge in [-0.3, -0.25) is 0 Å². The molecule has 1 aromatic carbocycles. The fourth-order valence-electron chi connectivity index (χ4n) is 2.87. The predicted molar refractivity (Wildman–Crippen MR) is 80.5 cm³/mol. The normalized spacial score (nSPS) is 19.1. The number of hydrogen-bond donors (Lipinski definition) is 1. The fraction of sp³-hybridized carbons (Fsp3) is 0.438. The number of nitrogens with two attached hydrogens (primary N) is 1. The minimum Gasteiger partial charge on any atom is -0.384 e. The van der Waals surface area contributed by atoms with Crippen LogP contribution in [0.5, 0.6) is 0 Å². The van der Waals surface area contributed by atoms with Crippen molar-refractivity contribution in [1.29, 1.82) is 0 Å². The first-order chi connectivity index (χ1) is 9.81. The molecule has 2 heterocycles. The average molecular weight is 271 g/mol. The van der Waals surface area contributed by atoms with Gasteiger partial charge in [-0.05, 0) is 19.8 Å². The van der Waals surface area contributed by atoms with Gasteiger partial charge in [0.05, 0.1) is 12.3 Å². The van der Waals surface area contributed by atoms with E-state index in [0.717, 1.165) is 55.5 Å². The largest absolute Gasteiger partial charge is 0.384 e. The summed E-state index contributed by atoms with van der Waals surface area (Å²) < 4.78 is 7.67. The van der Waals surface area contributed by atoms with Crippen LogP contribution in [0.2, 0.25) is 0 Å². The minimum atomic E-state index is 0.332. The summed E-state index contributed by atoms with van der Waals surface area (Å²) >= 11 is 0. The van der Waals surface area contributed by atoms with Crippen LogP contribution in [0.1, 0.15) is 31.4 Å². The van der Waals surface area contributed by atoms with E-state index >= 15 is 0 Å². The van der Waals surface area contributed by atoms with Crippen LogP contribution in [0, 0.1) is 0 Å². The number of anilines is 1. The Morgan fingerprint density at radius 1 is 1.35 bits per heavy atom. The van der Waals surface area contributed by atoms with Crippen LogP contribution in [0.4, 0.5) is 5.82 Å². The van der Waals surface area contributed by atoms with E-state index in [9.17, 15) is 0 Å². The topological polar surface area (TPSA) is 53.1 Å². The van der Waals surface area contributed by atoms with Crippen LogP contribution >= 0.6 is 0 Å². The number of benzene rings is 1. The van der Waals surface area contributed by atoms with Crippen molar-refractivity contribution in [3.05, 3.63) is 36.0 Å². The molecule has 0 radical (unpaired) electrons. The first-order valence-electron chi connectivity index (χ1n) is 7.30. The van der Waals surface area contributed by atoms with Crippen molar-refractivity contribution in [1.82, 2.24) is 9.55 Å². The number of hydrogen-bond acceptors (Lipinski definition) is 3. The minimum absolute atomic E-state index is 0.332. The summed E-state index contributed by atoms with van der Waals surface area (Å²) in [6.45, 7) is 4.53. The van der Waals surface area contributed by atoms with E-state index in [1.165, 1.54) is 0 Å². The molecular formula is C16H21N3O. The summed E-state index contributed by atoms with van der Waals surface area (Å²) in [5.74, 6) is 2.09. The molecule has 4 heteroatoms. The van der Waals surface area contributed by atoms with Crippen LogP contribution < -0.4 is 5.73 Å². The molecule has 2 N–H and O–H groups in total. The number of nitrogen functional groups attached to an aromatic ring is 1. The molecule has 1 aliphatic heterocycles. The lowest BCUT2D eigenvalue weighted by atomic mass is 9.98. The van der Waals surface area contributed by atoms with Gasteiger partial charge in [-0.2, -0.15) is 0 Å². The molecule has 20 heavy (non-hydrogen) atoms. The van der Waals surface area contributed by atoms with Crippen LogP contribution in [0.25, 0.3) is 11.4 Å². The maximum Gasteiger partial charge on any atom is 0.141 e.